The topological polar surface area (TPSA) is 20.2 Å². The van der Waals surface area contributed by atoms with Gasteiger partial charge in [0.05, 0.1) is 6.10 Å². The summed E-state index contributed by atoms with van der Waals surface area (Å²) in [6, 6.07) is 0. The summed E-state index contributed by atoms with van der Waals surface area (Å²) in [6.07, 6.45) is -0.357. The molecule has 1 atom stereocenters. The Bertz CT molecular complexity index is 99.1. The molecule has 1 unspecified atom stereocenters. The lowest BCUT2D eigenvalue weighted by molar-refractivity contribution is 0.161. The molecule has 0 aliphatic carbocycles. The maximum Gasteiger partial charge on any atom is 0.0778 e. The summed E-state index contributed by atoms with van der Waals surface area (Å²) in [5, 5.41) is 9.95. The second-order valence-corrected chi connectivity index (χ2v) is 3.04. The van der Waals surface area contributed by atoms with Crippen molar-refractivity contribution in [3.8, 4) is 0 Å². The summed E-state index contributed by atoms with van der Waals surface area (Å²) in [7, 11) is 0. The molecule has 0 bridgehead atoms. The molecule has 0 aliphatic rings. The van der Waals surface area contributed by atoms with Gasteiger partial charge in [-0.05, 0) is 11.5 Å². The van der Waals surface area contributed by atoms with Crippen LogP contribution in [0.15, 0.2) is 12.2 Å². The quantitative estimate of drug-likeness (QED) is 0.536. The number of hydrogen-bond acceptors (Lipinski definition) is 1. The number of alkyl halides is 1. The molecule has 0 aromatic rings. The molecule has 9 heavy (non-hydrogen) atoms. The van der Waals surface area contributed by atoms with Gasteiger partial charge in [-0.2, -0.15) is 0 Å². The minimum Gasteiger partial charge on any atom is -0.388 e. The van der Waals surface area contributed by atoms with Crippen molar-refractivity contribution in [1.29, 1.82) is 0 Å². The molecule has 0 heterocycles. The molecule has 0 saturated heterocycles. The van der Waals surface area contributed by atoms with E-state index in [-0.39, 0.29) is 12.0 Å². The smallest absolute Gasteiger partial charge is 0.0778 e. The van der Waals surface area contributed by atoms with Crippen molar-refractivity contribution in [2.24, 2.45) is 5.92 Å². The minimum atomic E-state index is -0.357. The Labute approximate surface area is 64.9 Å². The monoisotopic (exact) mass is 192 g/mol. The second kappa shape index (κ2) is 4.07. The zero-order valence-corrected chi connectivity index (χ0v) is 7.48. The van der Waals surface area contributed by atoms with Gasteiger partial charge in [-0.3, -0.25) is 0 Å². The van der Waals surface area contributed by atoms with E-state index >= 15 is 0 Å². The Kier molecular flexibility index (Phi) is 4.15. The highest BCUT2D eigenvalue weighted by Crippen LogP contribution is 2.11. The predicted molar refractivity (Wildman–Crippen MR) is 43.8 cm³/mol. The van der Waals surface area contributed by atoms with Crippen LogP contribution in [0, 0.1) is 5.92 Å². The molecule has 0 amide bonds. The van der Waals surface area contributed by atoms with E-state index in [2.05, 4.69) is 22.5 Å². The average molecular weight is 193 g/mol. The van der Waals surface area contributed by atoms with Crippen LogP contribution in [-0.2, 0) is 0 Å². The van der Waals surface area contributed by atoms with Gasteiger partial charge in [0.2, 0.25) is 0 Å². The standard InChI is InChI=1S/C7H13BrO/c1-5(2)7(9)6(3)4-8/h5,7,9H,3-4H2,1-2H3. The first-order chi connectivity index (χ1) is 4.09. The van der Waals surface area contributed by atoms with Crippen molar-refractivity contribution >= 4 is 15.9 Å². The fourth-order valence-corrected chi connectivity index (χ4v) is 0.882. The van der Waals surface area contributed by atoms with E-state index in [4.69, 9.17) is 0 Å². The van der Waals surface area contributed by atoms with Gasteiger partial charge in [0.1, 0.15) is 0 Å². The molecule has 54 valence electrons. The summed E-state index contributed by atoms with van der Waals surface area (Å²) < 4.78 is 0. The van der Waals surface area contributed by atoms with Crippen molar-refractivity contribution in [3.63, 3.8) is 0 Å². The largest absolute Gasteiger partial charge is 0.388 e. The van der Waals surface area contributed by atoms with Gasteiger partial charge in [-0.25, -0.2) is 0 Å². The molecule has 0 spiro atoms. The lowest BCUT2D eigenvalue weighted by Gasteiger charge is -2.14. The Balaban J connectivity index is 3.72. The summed E-state index contributed by atoms with van der Waals surface area (Å²) in [5.41, 5.74) is 0.852. The first-order valence-electron chi connectivity index (χ1n) is 3.01. The summed E-state index contributed by atoms with van der Waals surface area (Å²) in [6.45, 7) is 7.64. The van der Waals surface area contributed by atoms with Gasteiger partial charge < -0.3 is 5.11 Å². The highest BCUT2D eigenvalue weighted by atomic mass is 79.9. The van der Waals surface area contributed by atoms with E-state index in [0.717, 1.165) is 5.57 Å². The van der Waals surface area contributed by atoms with Gasteiger partial charge in [-0.15, -0.1) is 0 Å². The van der Waals surface area contributed by atoms with Gasteiger partial charge >= 0.3 is 0 Å². The Hall–Kier alpha value is 0.180. The maximum atomic E-state index is 9.27. The molecule has 0 rings (SSSR count). The van der Waals surface area contributed by atoms with Crippen LogP contribution >= 0.6 is 15.9 Å². The third-order valence-electron chi connectivity index (χ3n) is 1.22. The SMILES string of the molecule is C=C(CBr)C(O)C(C)C. The number of halogens is 1. The molecule has 0 saturated carbocycles. The molecule has 1 nitrogen and oxygen atoms in total. The van der Waals surface area contributed by atoms with E-state index in [0.29, 0.717) is 5.33 Å². The molecular weight excluding hydrogens is 180 g/mol. The zero-order chi connectivity index (χ0) is 7.44. The van der Waals surface area contributed by atoms with Crippen LogP contribution in [0.4, 0.5) is 0 Å². The normalized spacial score (nSPS) is 13.9. The summed E-state index contributed by atoms with van der Waals surface area (Å²) >= 11 is 3.22. The van der Waals surface area contributed by atoms with E-state index in [1.165, 1.54) is 0 Å². The summed E-state index contributed by atoms with van der Waals surface area (Å²) in [5.74, 6) is 0.273. The van der Waals surface area contributed by atoms with Crippen molar-refractivity contribution < 1.29 is 5.11 Å². The predicted octanol–water partition coefficient (Wildman–Crippen LogP) is 1.95. The first kappa shape index (κ1) is 9.18. The van der Waals surface area contributed by atoms with Gasteiger partial charge in [-0.1, -0.05) is 36.4 Å². The Morgan fingerprint density at radius 2 is 2.11 bits per heavy atom. The highest BCUT2D eigenvalue weighted by Gasteiger charge is 2.10. The van der Waals surface area contributed by atoms with E-state index in [1.54, 1.807) is 0 Å². The lowest BCUT2D eigenvalue weighted by atomic mass is 10.0. The molecule has 0 aromatic carbocycles. The van der Waals surface area contributed by atoms with E-state index in [9.17, 15) is 5.11 Å². The van der Waals surface area contributed by atoms with Gasteiger partial charge in [0.15, 0.2) is 0 Å². The summed E-state index contributed by atoms with van der Waals surface area (Å²) in [4.78, 5) is 0. The van der Waals surface area contributed by atoms with E-state index < -0.39 is 0 Å². The number of rotatable bonds is 3. The van der Waals surface area contributed by atoms with Crippen LogP contribution in [0.2, 0.25) is 0 Å². The molecular formula is C7H13BrO. The lowest BCUT2D eigenvalue weighted by Crippen LogP contribution is -2.17. The van der Waals surface area contributed by atoms with Crippen molar-refractivity contribution in [2.45, 2.75) is 20.0 Å². The molecule has 0 aromatic heterocycles. The van der Waals surface area contributed by atoms with Crippen molar-refractivity contribution in [3.05, 3.63) is 12.2 Å². The minimum absolute atomic E-state index is 0.273. The second-order valence-electron chi connectivity index (χ2n) is 2.48. The van der Waals surface area contributed by atoms with Crippen molar-refractivity contribution in [1.82, 2.24) is 0 Å². The van der Waals surface area contributed by atoms with Gasteiger partial charge in [0.25, 0.3) is 0 Å². The van der Waals surface area contributed by atoms with Gasteiger partial charge in [0, 0.05) is 5.33 Å². The molecule has 2 heteroatoms. The number of aliphatic hydroxyl groups is 1. The fraction of sp³-hybridized carbons (Fsp3) is 0.714. The number of hydrogen-bond donors (Lipinski definition) is 1. The van der Waals surface area contributed by atoms with E-state index in [1.807, 2.05) is 13.8 Å². The third-order valence-corrected chi connectivity index (χ3v) is 1.94. The Morgan fingerprint density at radius 1 is 1.67 bits per heavy atom. The van der Waals surface area contributed by atoms with Crippen LogP contribution < -0.4 is 0 Å². The van der Waals surface area contributed by atoms with Crippen LogP contribution in [-0.4, -0.2) is 16.5 Å². The number of aliphatic hydroxyl groups excluding tert-OH is 1. The fourth-order valence-electron chi connectivity index (χ4n) is 0.550. The van der Waals surface area contributed by atoms with Crippen LogP contribution in [0.1, 0.15) is 13.8 Å². The van der Waals surface area contributed by atoms with Crippen LogP contribution in [0.3, 0.4) is 0 Å². The van der Waals surface area contributed by atoms with Crippen LogP contribution in [0.5, 0.6) is 0 Å². The molecule has 0 radical (unpaired) electrons. The third kappa shape index (κ3) is 3.01. The first-order valence-corrected chi connectivity index (χ1v) is 4.13. The van der Waals surface area contributed by atoms with Crippen LogP contribution in [0.25, 0.3) is 0 Å². The highest BCUT2D eigenvalue weighted by molar-refractivity contribution is 9.09. The Morgan fingerprint density at radius 3 is 2.22 bits per heavy atom. The average Bonchev–Trinajstić information content (AvgIpc) is 1.84. The zero-order valence-electron chi connectivity index (χ0n) is 5.89. The molecule has 0 fully saturated rings. The maximum absolute atomic E-state index is 9.27. The molecule has 0 aliphatic heterocycles. The molecule has 1 N–H and O–H groups in total. The van der Waals surface area contributed by atoms with Crippen molar-refractivity contribution in [2.75, 3.05) is 5.33 Å².